The molecule has 3 rings (SSSR count). The number of carbonyl (C=O) groups excluding carboxylic acids is 2. The lowest BCUT2D eigenvalue weighted by Gasteiger charge is -2.16. The lowest BCUT2D eigenvalue weighted by Crippen LogP contribution is -2.38. The Labute approximate surface area is 151 Å². The number of nitrogens with one attached hydrogen (secondary N) is 1. The van der Waals surface area contributed by atoms with Crippen molar-refractivity contribution in [3.63, 3.8) is 0 Å². The summed E-state index contributed by atoms with van der Waals surface area (Å²) in [5, 5.41) is 2.66. The molecule has 26 heavy (non-hydrogen) atoms. The Hall–Kier alpha value is -2.89. The van der Waals surface area contributed by atoms with Gasteiger partial charge in [0.2, 0.25) is 5.91 Å². The molecule has 0 spiro atoms. The van der Waals surface area contributed by atoms with Crippen LogP contribution in [-0.4, -0.2) is 36.3 Å². The van der Waals surface area contributed by atoms with Crippen molar-refractivity contribution < 1.29 is 18.7 Å². The first-order valence-electron chi connectivity index (χ1n) is 8.66. The van der Waals surface area contributed by atoms with E-state index in [0.29, 0.717) is 11.3 Å². The van der Waals surface area contributed by atoms with Crippen LogP contribution in [0.5, 0.6) is 5.75 Å². The van der Waals surface area contributed by atoms with E-state index in [1.54, 1.807) is 41.3 Å². The van der Waals surface area contributed by atoms with Crippen LogP contribution in [0.2, 0.25) is 0 Å². The summed E-state index contributed by atoms with van der Waals surface area (Å²) in [7, 11) is 0. The molecule has 2 aromatic rings. The zero-order valence-corrected chi connectivity index (χ0v) is 14.4. The quantitative estimate of drug-likeness (QED) is 0.866. The van der Waals surface area contributed by atoms with Gasteiger partial charge in [0.1, 0.15) is 18.2 Å². The predicted molar refractivity (Wildman–Crippen MR) is 95.3 cm³/mol. The molecule has 1 aliphatic rings. The topological polar surface area (TPSA) is 58.6 Å². The van der Waals surface area contributed by atoms with Gasteiger partial charge in [0, 0.05) is 13.1 Å². The normalized spacial score (nSPS) is 13.5. The molecule has 0 aliphatic carbocycles. The first kappa shape index (κ1) is 17.9. The molecule has 2 aromatic carbocycles. The number of rotatable bonds is 6. The highest BCUT2D eigenvalue weighted by atomic mass is 19.1. The molecule has 0 unspecified atom stereocenters. The van der Waals surface area contributed by atoms with E-state index in [1.807, 2.05) is 0 Å². The Morgan fingerprint density at radius 2 is 1.73 bits per heavy atom. The van der Waals surface area contributed by atoms with Crippen molar-refractivity contribution in [3.8, 4) is 5.75 Å². The Kier molecular flexibility index (Phi) is 5.84. The van der Waals surface area contributed by atoms with Crippen LogP contribution < -0.4 is 10.1 Å². The fourth-order valence-corrected chi connectivity index (χ4v) is 2.85. The third-order valence-electron chi connectivity index (χ3n) is 4.30. The van der Waals surface area contributed by atoms with Crippen LogP contribution in [0.25, 0.3) is 0 Å². The summed E-state index contributed by atoms with van der Waals surface area (Å²) in [6.45, 7) is 1.71. The summed E-state index contributed by atoms with van der Waals surface area (Å²) in [5.41, 5.74) is 1.16. The summed E-state index contributed by atoms with van der Waals surface area (Å²) in [5.74, 6) is -0.313. The van der Waals surface area contributed by atoms with E-state index in [-0.39, 0.29) is 30.8 Å². The summed E-state index contributed by atoms with van der Waals surface area (Å²) in [6, 6.07) is 12.8. The van der Waals surface area contributed by atoms with E-state index in [1.165, 1.54) is 12.1 Å². The van der Waals surface area contributed by atoms with Crippen LogP contribution in [0.1, 0.15) is 28.8 Å². The third-order valence-corrected chi connectivity index (χ3v) is 4.30. The van der Waals surface area contributed by atoms with Crippen molar-refractivity contribution in [3.05, 3.63) is 65.5 Å². The Morgan fingerprint density at radius 3 is 2.46 bits per heavy atom. The number of likely N-dealkylation sites (tertiary alicyclic amines) is 1. The minimum Gasteiger partial charge on any atom is -0.488 e. The zero-order chi connectivity index (χ0) is 18.4. The number of amides is 2. The Bertz CT molecular complexity index is 771. The number of hydrogen-bond acceptors (Lipinski definition) is 3. The van der Waals surface area contributed by atoms with E-state index in [2.05, 4.69) is 5.32 Å². The maximum absolute atomic E-state index is 13.0. The molecule has 0 bridgehead atoms. The molecule has 1 fully saturated rings. The van der Waals surface area contributed by atoms with Crippen molar-refractivity contribution in [1.82, 2.24) is 10.2 Å². The molecule has 0 saturated carbocycles. The second kappa shape index (κ2) is 8.47. The summed E-state index contributed by atoms with van der Waals surface area (Å²) >= 11 is 0. The van der Waals surface area contributed by atoms with Crippen LogP contribution in [0.15, 0.2) is 48.5 Å². The van der Waals surface area contributed by atoms with Gasteiger partial charge in [-0.3, -0.25) is 9.59 Å². The Balaban J connectivity index is 1.59. The zero-order valence-electron chi connectivity index (χ0n) is 14.4. The van der Waals surface area contributed by atoms with E-state index in [0.717, 1.165) is 31.5 Å². The molecule has 136 valence electrons. The number of carbonyl (C=O) groups is 2. The molecule has 6 heteroatoms. The fraction of sp³-hybridized carbons (Fsp3) is 0.300. The highest BCUT2D eigenvalue weighted by Gasteiger charge is 2.19. The van der Waals surface area contributed by atoms with Crippen LogP contribution in [0.3, 0.4) is 0 Å². The lowest BCUT2D eigenvalue weighted by atomic mass is 10.2. The smallest absolute Gasteiger partial charge is 0.255 e. The average Bonchev–Trinajstić information content (AvgIpc) is 3.20. The van der Waals surface area contributed by atoms with Gasteiger partial charge in [0.25, 0.3) is 5.91 Å². The van der Waals surface area contributed by atoms with Crippen molar-refractivity contribution in [2.75, 3.05) is 19.6 Å². The first-order chi connectivity index (χ1) is 12.6. The van der Waals surface area contributed by atoms with Crippen LogP contribution >= 0.6 is 0 Å². The highest BCUT2D eigenvalue weighted by Crippen LogP contribution is 2.19. The average molecular weight is 356 g/mol. The number of halogens is 1. The fourth-order valence-electron chi connectivity index (χ4n) is 2.85. The molecular formula is C20H21FN2O3. The molecule has 0 aromatic heterocycles. The van der Waals surface area contributed by atoms with Crippen molar-refractivity contribution in [2.24, 2.45) is 0 Å². The maximum Gasteiger partial charge on any atom is 0.255 e. The minimum atomic E-state index is -0.354. The molecule has 2 amide bonds. The van der Waals surface area contributed by atoms with Crippen molar-refractivity contribution in [1.29, 1.82) is 0 Å². The van der Waals surface area contributed by atoms with Gasteiger partial charge >= 0.3 is 0 Å². The molecule has 1 heterocycles. The second-order valence-corrected chi connectivity index (χ2v) is 6.18. The van der Waals surface area contributed by atoms with Crippen molar-refractivity contribution in [2.45, 2.75) is 19.4 Å². The van der Waals surface area contributed by atoms with E-state index < -0.39 is 0 Å². The monoisotopic (exact) mass is 356 g/mol. The summed E-state index contributed by atoms with van der Waals surface area (Å²) in [4.78, 5) is 26.2. The predicted octanol–water partition coefficient (Wildman–Crippen LogP) is 2.76. The lowest BCUT2D eigenvalue weighted by molar-refractivity contribution is -0.129. The first-order valence-corrected chi connectivity index (χ1v) is 8.66. The molecule has 1 aliphatic heterocycles. The number of ether oxygens (including phenoxy) is 1. The number of para-hydroxylation sites is 1. The maximum atomic E-state index is 13.0. The highest BCUT2D eigenvalue weighted by molar-refractivity contribution is 5.98. The van der Waals surface area contributed by atoms with Gasteiger partial charge in [-0.1, -0.05) is 24.3 Å². The molecule has 0 atom stereocenters. The van der Waals surface area contributed by atoms with Crippen molar-refractivity contribution >= 4 is 11.8 Å². The van der Waals surface area contributed by atoms with Gasteiger partial charge in [-0.25, -0.2) is 4.39 Å². The summed E-state index contributed by atoms with van der Waals surface area (Å²) in [6.07, 6.45) is 2.03. The number of hydrogen-bond donors (Lipinski definition) is 1. The molecule has 1 N–H and O–H groups in total. The third kappa shape index (κ3) is 4.59. The van der Waals surface area contributed by atoms with E-state index in [4.69, 9.17) is 4.74 Å². The van der Waals surface area contributed by atoms with Crippen LogP contribution in [-0.2, 0) is 11.4 Å². The largest absolute Gasteiger partial charge is 0.488 e. The number of benzene rings is 2. The molecular weight excluding hydrogens is 335 g/mol. The van der Waals surface area contributed by atoms with Gasteiger partial charge in [0.05, 0.1) is 12.1 Å². The van der Waals surface area contributed by atoms with E-state index >= 15 is 0 Å². The second-order valence-electron chi connectivity index (χ2n) is 6.18. The van der Waals surface area contributed by atoms with Gasteiger partial charge in [-0.15, -0.1) is 0 Å². The van der Waals surface area contributed by atoms with Crippen LogP contribution in [0, 0.1) is 5.82 Å². The standard InChI is InChI=1S/C20H21FN2O3/c21-16-9-7-15(8-10-16)14-26-18-6-2-1-5-17(18)20(25)22-13-19(24)23-11-3-4-12-23/h1-2,5-10H,3-4,11-14H2,(H,22,25). The number of nitrogens with zero attached hydrogens (tertiary/aromatic N) is 1. The van der Waals surface area contributed by atoms with Gasteiger partial charge in [-0.2, -0.15) is 0 Å². The molecule has 5 nitrogen and oxygen atoms in total. The summed E-state index contributed by atoms with van der Waals surface area (Å²) < 4.78 is 18.7. The SMILES string of the molecule is O=C(NCC(=O)N1CCCC1)c1ccccc1OCc1ccc(F)cc1. The van der Waals surface area contributed by atoms with Gasteiger partial charge in [-0.05, 0) is 42.7 Å². The van der Waals surface area contributed by atoms with E-state index in [9.17, 15) is 14.0 Å². The van der Waals surface area contributed by atoms with Crippen LogP contribution in [0.4, 0.5) is 4.39 Å². The minimum absolute atomic E-state index is 0.0227. The van der Waals surface area contributed by atoms with Gasteiger partial charge in [0.15, 0.2) is 0 Å². The molecule has 0 radical (unpaired) electrons. The van der Waals surface area contributed by atoms with Gasteiger partial charge < -0.3 is 15.0 Å². The Morgan fingerprint density at radius 1 is 1.04 bits per heavy atom. The molecule has 1 saturated heterocycles.